The molecule has 3 rings (SSSR count). The number of allylic oxidation sites excluding steroid dienone is 1. The molecule has 1 amide bonds. The molecule has 0 aliphatic heterocycles. The van der Waals surface area contributed by atoms with Gasteiger partial charge in [0.2, 0.25) is 5.91 Å². The van der Waals surface area contributed by atoms with Gasteiger partial charge in [-0.2, -0.15) is 0 Å². The Morgan fingerprint density at radius 3 is 2.58 bits per heavy atom. The molecule has 0 aliphatic carbocycles. The van der Waals surface area contributed by atoms with Crippen molar-refractivity contribution >= 4 is 23.4 Å². The molecule has 0 radical (unpaired) electrons. The van der Waals surface area contributed by atoms with Crippen molar-refractivity contribution in [3.8, 4) is 17.2 Å². The van der Waals surface area contributed by atoms with Crippen molar-refractivity contribution in [3.63, 3.8) is 0 Å². The quantitative estimate of drug-likeness (QED) is 0.228. The first-order chi connectivity index (χ1) is 16.1. The van der Waals surface area contributed by atoms with E-state index in [4.69, 9.17) is 14.2 Å². The number of methoxy groups -OCH3 is 1. The summed E-state index contributed by atoms with van der Waals surface area (Å²) in [6, 6.07) is 14.8. The second-order valence-electron chi connectivity index (χ2n) is 6.83. The summed E-state index contributed by atoms with van der Waals surface area (Å²) in [5, 5.41) is 12.1. The van der Waals surface area contributed by atoms with E-state index in [1.165, 1.54) is 11.8 Å². The molecule has 1 heterocycles. The van der Waals surface area contributed by atoms with Crippen LogP contribution in [0.5, 0.6) is 17.2 Å². The van der Waals surface area contributed by atoms with Crippen LogP contribution in [-0.4, -0.2) is 46.7 Å². The molecular weight excluding hydrogens is 440 g/mol. The largest absolute Gasteiger partial charge is 0.494 e. The van der Waals surface area contributed by atoms with E-state index in [1.54, 1.807) is 25.3 Å². The molecule has 33 heavy (non-hydrogen) atoms. The molecule has 0 saturated heterocycles. The molecule has 0 fully saturated rings. The number of nitrogens with zero attached hydrogens (tertiary/aromatic N) is 3. The molecular formula is C24H28N4O4S. The van der Waals surface area contributed by atoms with Gasteiger partial charge in [-0.1, -0.05) is 30.0 Å². The summed E-state index contributed by atoms with van der Waals surface area (Å²) in [6.07, 6.45) is 1.86. The van der Waals surface area contributed by atoms with E-state index in [9.17, 15) is 4.79 Å². The summed E-state index contributed by atoms with van der Waals surface area (Å²) in [6.45, 7) is 7.31. The fourth-order valence-corrected chi connectivity index (χ4v) is 3.83. The van der Waals surface area contributed by atoms with E-state index in [-0.39, 0.29) is 12.3 Å². The number of anilines is 1. The van der Waals surface area contributed by atoms with Crippen LogP contribution in [0.4, 0.5) is 5.69 Å². The van der Waals surface area contributed by atoms with Gasteiger partial charge in [0.1, 0.15) is 11.6 Å². The van der Waals surface area contributed by atoms with Gasteiger partial charge in [-0.05, 0) is 43.3 Å². The molecule has 0 saturated carbocycles. The third-order valence-corrected chi connectivity index (χ3v) is 5.45. The van der Waals surface area contributed by atoms with Crippen molar-refractivity contribution < 1.29 is 19.0 Å². The highest BCUT2D eigenvalue weighted by Crippen LogP contribution is 2.26. The maximum Gasteiger partial charge on any atom is 0.232 e. The fraction of sp³-hybridized carbons (Fsp3) is 0.292. The van der Waals surface area contributed by atoms with E-state index in [1.807, 2.05) is 47.9 Å². The third kappa shape index (κ3) is 7.01. The third-order valence-electron chi connectivity index (χ3n) is 4.51. The maximum absolute atomic E-state index is 12.5. The predicted molar refractivity (Wildman–Crippen MR) is 129 cm³/mol. The van der Waals surface area contributed by atoms with E-state index in [0.29, 0.717) is 53.7 Å². The normalized spacial score (nSPS) is 10.5. The minimum Gasteiger partial charge on any atom is -0.494 e. The van der Waals surface area contributed by atoms with Crippen LogP contribution in [0.25, 0.3) is 0 Å². The summed E-state index contributed by atoms with van der Waals surface area (Å²) in [5.41, 5.74) is 0.696. The van der Waals surface area contributed by atoms with Gasteiger partial charge < -0.3 is 24.1 Å². The minimum atomic E-state index is -0.173. The summed E-state index contributed by atoms with van der Waals surface area (Å²) >= 11 is 1.51. The zero-order valence-electron chi connectivity index (χ0n) is 18.8. The summed E-state index contributed by atoms with van der Waals surface area (Å²) in [5.74, 6) is 3.21. The molecule has 174 valence electrons. The maximum atomic E-state index is 12.5. The van der Waals surface area contributed by atoms with Crippen molar-refractivity contribution in [1.82, 2.24) is 14.8 Å². The first-order valence-electron chi connectivity index (χ1n) is 10.6. The summed E-state index contributed by atoms with van der Waals surface area (Å²) < 4.78 is 18.4. The van der Waals surface area contributed by atoms with Crippen molar-refractivity contribution in [2.75, 3.05) is 31.4 Å². The Kier molecular flexibility index (Phi) is 9.19. The Morgan fingerprint density at radius 1 is 1.12 bits per heavy atom. The lowest BCUT2D eigenvalue weighted by atomic mass is 10.3. The molecule has 1 aromatic heterocycles. The van der Waals surface area contributed by atoms with Gasteiger partial charge in [0.25, 0.3) is 0 Å². The lowest BCUT2D eigenvalue weighted by Crippen LogP contribution is -2.17. The van der Waals surface area contributed by atoms with Crippen LogP contribution in [0.2, 0.25) is 0 Å². The van der Waals surface area contributed by atoms with Gasteiger partial charge in [-0.3, -0.25) is 4.79 Å². The molecule has 0 bridgehead atoms. The van der Waals surface area contributed by atoms with Crippen LogP contribution in [0, 0.1) is 0 Å². The van der Waals surface area contributed by atoms with Crippen LogP contribution >= 0.6 is 11.8 Å². The van der Waals surface area contributed by atoms with Gasteiger partial charge in [0, 0.05) is 18.0 Å². The number of para-hydroxylation sites is 2. The van der Waals surface area contributed by atoms with Gasteiger partial charge in [-0.25, -0.2) is 0 Å². The van der Waals surface area contributed by atoms with Crippen LogP contribution in [-0.2, 0) is 17.8 Å². The predicted octanol–water partition coefficient (Wildman–Crippen LogP) is 4.22. The Balaban J connectivity index is 1.55. The number of carbonyl (C=O) groups is 1. The van der Waals surface area contributed by atoms with Crippen molar-refractivity contribution in [3.05, 3.63) is 67.0 Å². The average Bonchev–Trinajstić information content (AvgIpc) is 3.19. The number of thioether (sulfide) groups is 1. The average molecular weight is 469 g/mol. The van der Waals surface area contributed by atoms with Crippen molar-refractivity contribution in [2.24, 2.45) is 0 Å². The number of hydrogen-bond acceptors (Lipinski definition) is 7. The summed E-state index contributed by atoms with van der Waals surface area (Å²) in [4.78, 5) is 12.5. The zero-order valence-corrected chi connectivity index (χ0v) is 19.6. The monoisotopic (exact) mass is 468 g/mol. The Labute approximate surface area is 198 Å². The number of ether oxygens (including phenoxy) is 3. The van der Waals surface area contributed by atoms with Crippen LogP contribution in [0.3, 0.4) is 0 Å². The molecule has 0 aliphatic rings. The van der Waals surface area contributed by atoms with Crippen LogP contribution in [0.1, 0.15) is 12.7 Å². The van der Waals surface area contributed by atoms with E-state index >= 15 is 0 Å². The molecule has 8 nitrogen and oxygen atoms in total. The number of nitrogens with one attached hydrogen (secondary N) is 1. The van der Waals surface area contributed by atoms with Gasteiger partial charge >= 0.3 is 0 Å². The Bertz CT molecular complexity index is 1050. The Hall–Kier alpha value is -3.46. The number of rotatable bonds is 13. The molecule has 9 heteroatoms. The summed E-state index contributed by atoms with van der Waals surface area (Å²) in [7, 11) is 1.61. The zero-order chi connectivity index (χ0) is 23.5. The SMILES string of the molecule is C=CCn1c(CC(=O)Nc2ccc(OCC)cc2)nnc1SCCOc1ccccc1OC. The van der Waals surface area contributed by atoms with Gasteiger partial charge in [-0.15, -0.1) is 16.8 Å². The number of aromatic nitrogens is 3. The van der Waals surface area contributed by atoms with Crippen molar-refractivity contribution in [2.45, 2.75) is 25.0 Å². The Morgan fingerprint density at radius 2 is 1.88 bits per heavy atom. The second-order valence-corrected chi connectivity index (χ2v) is 7.89. The molecule has 0 atom stereocenters. The first kappa shape index (κ1) is 24.2. The van der Waals surface area contributed by atoms with Crippen molar-refractivity contribution in [1.29, 1.82) is 0 Å². The van der Waals surface area contributed by atoms with E-state index in [2.05, 4.69) is 22.1 Å². The highest BCUT2D eigenvalue weighted by atomic mass is 32.2. The number of amides is 1. The second kappa shape index (κ2) is 12.5. The highest BCUT2D eigenvalue weighted by molar-refractivity contribution is 7.99. The van der Waals surface area contributed by atoms with Gasteiger partial charge in [0.05, 0.1) is 26.7 Å². The number of hydrogen-bond donors (Lipinski definition) is 1. The van der Waals surface area contributed by atoms with E-state index in [0.717, 1.165) is 5.75 Å². The fourth-order valence-electron chi connectivity index (χ4n) is 3.04. The standard InChI is InChI=1S/C24H28N4O4S/c1-4-14-28-22(17-23(29)25-18-10-12-19(13-11-18)31-5-2)26-27-24(28)33-16-15-32-21-9-7-6-8-20(21)30-3/h4,6-13H,1,5,14-17H2,2-3H3,(H,25,29). The van der Waals surface area contributed by atoms with Gasteiger partial charge in [0.15, 0.2) is 16.7 Å². The number of benzene rings is 2. The molecule has 2 aromatic carbocycles. The molecule has 0 spiro atoms. The van der Waals surface area contributed by atoms with Crippen LogP contribution < -0.4 is 19.5 Å². The molecule has 0 unspecified atom stereocenters. The first-order valence-corrected chi connectivity index (χ1v) is 11.6. The molecule has 1 N–H and O–H groups in total. The minimum absolute atomic E-state index is 0.103. The topological polar surface area (TPSA) is 87.5 Å². The number of carbonyl (C=O) groups excluding carboxylic acids is 1. The van der Waals surface area contributed by atoms with Crippen LogP contribution in [0.15, 0.2) is 66.3 Å². The highest BCUT2D eigenvalue weighted by Gasteiger charge is 2.15. The lowest BCUT2D eigenvalue weighted by Gasteiger charge is -2.11. The molecule has 3 aromatic rings. The lowest BCUT2D eigenvalue weighted by molar-refractivity contribution is -0.115. The smallest absolute Gasteiger partial charge is 0.232 e. The van der Waals surface area contributed by atoms with E-state index < -0.39 is 0 Å².